The Bertz CT molecular complexity index is 136. The van der Waals surface area contributed by atoms with Gasteiger partial charge in [0.05, 0.1) is 0 Å². The van der Waals surface area contributed by atoms with E-state index in [1.807, 2.05) is 0 Å². The van der Waals surface area contributed by atoms with Crippen molar-refractivity contribution < 1.29 is 0 Å². The summed E-state index contributed by atoms with van der Waals surface area (Å²) in [7, 11) is 0. The highest BCUT2D eigenvalue weighted by molar-refractivity contribution is 4.78. The Labute approximate surface area is 96.0 Å². The van der Waals surface area contributed by atoms with Crippen molar-refractivity contribution in [3.63, 3.8) is 0 Å². The summed E-state index contributed by atoms with van der Waals surface area (Å²) in [6, 6.07) is 0.813. The molecule has 0 saturated heterocycles. The van der Waals surface area contributed by atoms with Gasteiger partial charge in [0, 0.05) is 6.04 Å². The van der Waals surface area contributed by atoms with Gasteiger partial charge in [0.15, 0.2) is 0 Å². The largest absolute Gasteiger partial charge is 0.314 e. The van der Waals surface area contributed by atoms with Crippen LogP contribution in [0.4, 0.5) is 0 Å². The first kappa shape index (κ1) is 13.0. The molecule has 0 aromatic carbocycles. The van der Waals surface area contributed by atoms with Crippen molar-refractivity contribution in [2.75, 3.05) is 6.54 Å². The first-order valence-electron chi connectivity index (χ1n) is 7.11. The zero-order chi connectivity index (χ0) is 10.9. The smallest absolute Gasteiger partial charge is 0.00952 e. The Morgan fingerprint density at radius 3 is 2.20 bits per heavy atom. The molecule has 90 valence electrons. The summed E-state index contributed by atoms with van der Waals surface area (Å²) in [6.07, 6.45) is 12.8. The second-order valence-corrected chi connectivity index (χ2v) is 5.10. The Morgan fingerprint density at radius 2 is 1.67 bits per heavy atom. The van der Waals surface area contributed by atoms with Crippen molar-refractivity contribution in [1.82, 2.24) is 5.32 Å². The molecule has 0 amide bonds. The van der Waals surface area contributed by atoms with Gasteiger partial charge in [-0.2, -0.15) is 0 Å². The zero-order valence-corrected chi connectivity index (χ0v) is 10.7. The summed E-state index contributed by atoms with van der Waals surface area (Å²) in [4.78, 5) is 0. The maximum atomic E-state index is 3.77. The van der Waals surface area contributed by atoms with Crippen LogP contribution in [0, 0.1) is 5.92 Å². The molecule has 0 aromatic heterocycles. The molecule has 1 heteroatoms. The van der Waals surface area contributed by atoms with E-state index in [1.165, 1.54) is 64.3 Å². The SMILES string of the molecule is CCCNC(CCC)C1CCCCCC1. The molecule has 0 aromatic rings. The number of rotatable bonds is 6. The van der Waals surface area contributed by atoms with E-state index in [2.05, 4.69) is 19.2 Å². The van der Waals surface area contributed by atoms with Crippen LogP contribution in [0.2, 0.25) is 0 Å². The molecule has 1 N–H and O–H groups in total. The highest BCUT2D eigenvalue weighted by atomic mass is 14.9. The van der Waals surface area contributed by atoms with Gasteiger partial charge in [-0.15, -0.1) is 0 Å². The van der Waals surface area contributed by atoms with Crippen LogP contribution >= 0.6 is 0 Å². The molecular formula is C14H29N. The van der Waals surface area contributed by atoms with Crippen molar-refractivity contribution in [3.05, 3.63) is 0 Å². The van der Waals surface area contributed by atoms with Gasteiger partial charge in [-0.1, -0.05) is 46.0 Å². The predicted octanol–water partition coefficient (Wildman–Crippen LogP) is 4.13. The van der Waals surface area contributed by atoms with Crippen molar-refractivity contribution >= 4 is 0 Å². The fraction of sp³-hybridized carbons (Fsp3) is 1.00. The summed E-state index contributed by atoms with van der Waals surface area (Å²) < 4.78 is 0. The standard InChI is InChI=1S/C14H29N/c1-3-9-14(15-12-4-2)13-10-7-5-6-8-11-13/h13-15H,3-12H2,1-2H3. The molecule has 15 heavy (non-hydrogen) atoms. The van der Waals surface area contributed by atoms with Gasteiger partial charge in [0.2, 0.25) is 0 Å². The van der Waals surface area contributed by atoms with Crippen LogP contribution in [0.15, 0.2) is 0 Å². The fourth-order valence-electron chi connectivity index (χ4n) is 2.86. The molecule has 0 heterocycles. The topological polar surface area (TPSA) is 12.0 Å². The molecule has 1 aliphatic rings. The number of nitrogens with one attached hydrogen (secondary N) is 1. The lowest BCUT2D eigenvalue weighted by atomic mass is 9.89. The molecule has 0 bridgehead atoms. The van der Waals surface area contributed by atoms with Gasteiger partial charge < -0.3 is 5.32 Å². The average Bonchev–Trinajstić information content (AvgIpc) is 2.52. The Balaban J connectivity index is 2.36. The van der Waals surface area contributed by atoms with Crippen LogP contribution in [0.25, 0.3) is 0 Å². The summed E-state index contributed by atoms with van der Waals surface area (Å²) in [5.41, 5.74) is 0. The molecule has 1 aliphatic carbocycles. The van der Waals surface area contributed by atoms with Crippen LogP contribution < -0.4 is 5.32 Å². The van der Waals surface area contributed by atoms with Crippen molar-refractivity contribution in [3.8, 4) is 0 Å². The quantitative estimate of drug-likeness (QED) is 0.652. The van der Waals surface area contributed by atoms with Crippen molar-refractivity contribution in [2.24, 2.45) is 5.92 Å². The molecule has 1 nitrogen and oxygen atoms in total. The van der Waals surface area contributed by atoms with Gasteiger partial charge in [-0.25, -0.2) is 0 Å². The fourth-order valence-corrected chi connectivity index (χ4v) is 2.86. The van der Waals surface area contributed by atoms with E-state index >= 15 is 0 Å². The third-order valence-electron chi connectivity index (χ3n) is 3.73. The van der Waals surface area contributed by atoms with Crippen LogP contribution in [0.3, 0.4) is 0 Å². The van der Waals surface area contributed by atoms with Gasteiger partial charge in [-0.05, 0) is 38.1 Å². The van der Waals surface area contributed by atoms with Crippen molar-refractivity contribution in [2.45, 2.75) is 77.7 Å². The summed E-state index contributed by atoms with van der Waals surface area (Å²) >= 11 is 0. The van der Waals surface area contributed by atoms with E-state index in [9.17, 15) is 0 Å². The second-order valence-electron chi connectivity index (χ2n) is 5.10. The monoisotopic (exact) mass is 211 g/mol. The Hall–Kier alpha value is -0.0400. The highest BCUT2D eigenvalue weighted by Crippen LogP contribution is 2.27. The molecule has 0 spiro atoms. The lowest BCUT2D eigenvalue weighted by molar-refractivity contribution is 0.303. The Morgan fingerprint density at radius 1 is 1.00 bits per heavy atom. The summed E-state index contributed by atoms with van der Waals surface area (Å²) in [6.45, 7) is 5.79. The van der Waals surface area contributed by atoms with Crippen molar-refractivity contribution in [1.29, 1.82) is 0 Å². The van der Waals surface area contributed by atoms with E-state index in [1.54, 1.807) is 0 Å². The zero-order valence-electron chi connectivity index (χ0n) is 10.7. The van der Waals surface area contributed by atoms with E-state index in [0.717, 1.165) is 12.0 Å². The molecule has 1 rings (SSSR count). The molecule has 0 aliphatic heterocycles. The normalized spacial score (nSPS) is 21.2. The summed E-state index contributed by atoms with van der Waals surface area (Å²) in [5, 5.41) is 3.77. The van der Waals surface area contributed by atoms with Crippen LogP contribution in [-0.4, -0.2) is 12.6 Å². The van der Waals surface area contributed by atoms with Gasteiger partial charge in [0.25, 0.3) is 0 Å². The third-order valence-corrected chi connectivity index (χ3v) is 3.73. The third kappa shape index (κ3) is 5.01. The van der Waals surface area contributed by atoms with Gasteiger partial charge in [0.1, 0.15) is 0 Å². The molecule has 1 fully saturated rings. The van der Waals surface area contributed by atoms with Gasteiger partial charge in [-0.3, -0.25) is 0 Å². The van der Waals surface area contributed by atoms with Crippen LogP contribution in [0.1, 0.15) is 71.6 Å². The van der Waals surface area contributed by atoms with Crippen LogP contribution in [0.5, 0.6) is 0 Å². The van der Waals surface area contributed by atoms with Gasteiger partial charge >= 0.3 is 0 Å². The van der Waals surface area contributed by atoms with E-state index in [0.29, 0.717) is 0 Å². The molecule has 1 saturated carbocycles. The summed E-state index contributed by atoms with van der Waals surface area (Å²) in [5.74, 6) is 0.971. The number of hydrogen-bond donors (Lipinski definition) is 1. The highest BCUT2D eigenvalue weighted by Gasteiger charge is 2.20. The molecular weight excluding hydrogens is 182 g/mol. The lowest BCUT2D eigenvalue weighted by Gasteiger charge is -2.27. The second kappa shape index (κ2) is 8.15. The van der Waals surface area contributed by atoms with E-state index in [4.69, 9.17) is 0 Å². The Kier molecular flexibility index (Phi) is 7.08. The first-order valence-corrected chi connectivity index (χ1v) is 7.11. The molecule has 0 radical (unpaired) electrons. The minimum Gasteiger partial charge on any atom is -0.314 e. The molecule has 1 unspecified atom stereocenters. The molecule has 1 atom stereocenters. The van der Waals surface area contributed by atoms with E-state index < -0.39 is 0 Å². The minimum absolute atomic E-state index is 0.813. The first-order chi connectivity index (χ1) is 7.38. The lowest BCUT2D eigenvalue weighted by Crippen LogP contribution is -2.36. The average molecular weight is 211 g/mol. The minimum atomic E-state index is 0.813. The maximum Gasteiger partial charge on any atom is 0.00952 e. The van der Waals surface area contributed by atoms with E-state index in [-0.39, 0.29) is 0 Å². The predicted molar refractivity (Wildman–Crippen MR) is 68.2 cm³/mol. The maximum absolute atomic E-state index is 3.77. The van der Waals surface area contributed by atoms with Crippen LogP contribution in [-0.2, 0) is 0 Å². The number of hydrogen-bond acceptors (Lipinski definition) is 1.